The third-order valence-corrected chi connectivity index (χ3v) is 5.36. The smallest absolute Gasteiger partial charge is 0.215 e. The zero-order chi connectivity index (χ0) is 13.7. The average Bonchev–Trinajstić information content (AvgIpc) is 2.83. The zero-order valence-corrected chi connectivity index (χ0v) is 12.2. The van der Waals surface area contributed by atoms with Crippen molar-refractivity contribution in [1.29, 1.82) is 0 Å². The lowest BCUT2D eigenvalue weighted by Crippen LogP contribution is -2.37. The van der Waals surface area contributed by atoms with Crippen molar-refractivity contribution >= 4 is 27.5 Å². The van der Waals surface area contributed by atoms with Crippen LogP contribution in [-0.4, -0.2) is 38.3 Å². The van der Waals surface area contributed by atoms with E-state index in [2.05, 4.69) is 4.72 Å². The monoisotopic (exact) mass is 302 g/mol. The van der Waals surface area contributed by atoms with Crippen LogP contribution >= 0.6 is 11.8 Å². The molecule has 1 fully saturated rings. The Morgan fingerprint density at radius 3 is 2.89 bits per heavy atom. The molecule has 0 aliphatic carbocycles. The van der Waals surface area contributed by atoms with Crippen LogP contribution in [-0.2, 0) is 10.0 Å². The molecule has 0 bridgehead atoms. The number of sulfonamides is 1. The van der Waals surface area contributed by atoms with Gasteiger partial charge < -0.3 is 10.5 Å². The fourth-order valence-electron chi connectivity index (χ4n) is 1.81. The van der Waals surface area contributed by atoms with Crippen molar-refractivity contribution in [3.05, 3.63) is 24.3 Å². The van der Waals surface area contributed by atoms with Crippen LogP contribution in [0.1, 0.15) is 6.42 Å². The summed E-state index contributed by atoms with van der Waals surface area (Å²) in [5, 5.41) is 0. The second-order valence-corrected chi connectivity index (χ2v) is 7.41. The summed E-state index contributed by atoms with van der Waals surface area (Å²) in [6.45, 7) is 0.101. The van der Waals surface area contributed by atoms with Gasteiger partial charge in [-0.3, -0.25) is 0 Å². The minimum Gasteiger partial charge on any atom is -0.490 e. The number of nitrogens with one attached hydrogen (secondary N) is 1. The normalized spacial score (nSPS) is 19.5. The van der Waals surface area contributed by atoms with Crippen LogP contribution in [0, 0.1) is 0 Å². The number of benzene rings is 1. The number of thioether (sulfide) groups is 1. The maximum absolute atomic E-state index is 11.8. The van der Waals surface area contributed by atoms with Crippen molar-refractivity contribution in [3.63, 3.8) is 0 Å². The highest BCUT2D eigenvalue weighted by molar-refractivity contribution is 7.99. The van der Waals surface area contributed by atoms with E-state index in [1.165, 1.54) is 0 Å². The molecular weight excluding hydrogens is 284 g/mol. The highest BCUT2D eigenvalue weighted by Gasteiger charge is 2.21. The predicted molar refractivity (Wildman–Crippen MR) is 79.0 cm³/mol. The number of hydrogen-bond acceptors (Lipinski definition) is 5. The summed E-state index contributed by atoms with van der Waals surface area (Å²) in [5.41, 5.74) is 6.22. The molecule has 19 heavy (non-hydrogen) atoms. The van der Waals surface area contributed by atoms with Gasteiger partial charge in [-0.1, -0.05) is 12.1 Å². The molecule has 1 aromatic carbocycles. The zero-order valence-electron chi connectivity index (χ0n) is 10.5. The van der Waals surface area contributed by atoms with E-state index in [4.69, 9.17) is 10.5 Å². The van der Waals surface area contributed by atoms with E-state index in [0.29, 0.717) is 11.4 Å². The Labute approximate surface area is 118 Å². The van der Waals surface area contributed by atoms with Crippen molar-refractivity contribution < 1.29 is 13.2 Å². The lowest BCUT2D eigenvalue weighted by molar-refractivity contribution is 0.342. The molecule has 106 valence electrons. The van der Waals surface area contributed by atoms with Gasteiger partial charge in [0, 0.05) is 11.8 Å². The molecule has 1 aliphatic heterocycles. The fraction of sp³-hybridized carbons (Fsp3) is 0.500. The van der Waals surface area contributed by atoms with Crippen LogP contribution in [0.25, 0.3) is 0 Å². The summed E-state index contributed by atoms with van der Waals surface area (Å²) in [6.07, 6.45) is 0.899. The van der Waals surface area contributed by atoms with E-state index in [1.54, 1.807) is 36.0 Å². The van der Waals surface area contributed by atoms with Gasteiger partial charge >= 0.3 is 0 Å². The molecule has 1 aliphatic rings. The Bertz CT molecular complexity index is 513. The SMILES string of the molecule is Nc1ccccc1OCCS(=O)(=O)NC1CCSC1. The summed E-state index contributed by atoms with van der Waals surface area (Å²) in [7, 11) is -3.28. The van der Waals surface area contributed by atoms with Crippen LogP contribution < -0.4 is 15.2 Å². The molecule has 0 spiro atoms. The quantitative estimate of drug-likeness (QED) is 0.768. The Hall–Kier alpha value is -0.920. The van der Waals surface area contributed by atoms with Gasteiger partial charge in [0.25, 0.3) is 0 Å². The largest absolute Gasteiger partial charge is 0.490 e. The highest BCUT2D eigenvalue weighted by Crippen LogP contribution is 2.20. The van der Waals surface area contributed by atoms with Gasteiger partial charge in [0.05, 0.1) is 11.4 Å². The summed E-state index contributed by atoms with van der Waals surface area (Å²) in [6, 6.07) is 7.12. The third-order valence-electron chi connectivity index (χ3n) is 2.80. The second-order valence-electron chi connectivity index (χ2n) is 4.38. The molecule has 1 saturated heterocycles. The van der Waals surface area contributed by atoms with Gasteiger partial charge in [-0.25, -0.2) is 13.1 Å². The molecule has 1 aromatic rings. The Balaban J connectivity index is 1.79. The molecule has 1 unspecified atom stereocenters. The van der Waals surface area contributed by atoms with Crippen molar-refractivity contribution in [1.82, 2.24) is 4.72 Å². The number of rotatable bonds is 6. The molecule has 1 heterocycles. The van der Waals surface area contributed by atoms with Crippen LogP contribution in [0.15, 0.2) is 24.3 Å². The number of nitrogens with two attached hydrogens (primary N) is 1. The number of hydrogen-bond donors (Lipinski definition) is 2. The minimum atomic E-state index is -3.28. The van der Waals surface area contributed by atoms with Gasteiger partial charge in [0.2, 0.25) is 10.0 Å². The molecule has 3 N–H and O–H groups in total. The standard InChI is InChI=1S/C12H18N2O3S2/c13-11-3-1-2-4-12(11)17-6-8-19(15,16)14-10-5-7-18-9-10/h1-4,10,14H,5-9,13H2. The molecule has 2 rings (SSSR count). The van der Waals surface area contributed by atoms with E-state index >= 15 is 0 Å². The first-order chi connectivity index (χ1) is 9.07. The maximum atomic E-state index is 11.8. The average molecular weight is 302 g/mol. The van der Waals surface area contributed by atoms with Crippen molar-refractivity contribution in [3.8, 4) is 5.75 Å². The molecule has 7 heteroatoms. The van der Waals surface area contributed by atoms with E-state index in [-0.39, 0.29) is 18.4 Å². The topological polar surface area (TPSA) is 81.4 Å². The van der Waals surface area contributed by atoms with Crippen LogP contribution in [0.5, 0.6) is 5.75 Å². The van der Waals surface area contributed by atoms with Gasteiger partial charge in [0.15, 0.2) is 0 Å². The van der Waals surface area contributed by atoms with Crippen molar-refractivity contribution in [2.45, 2.75) is 12.5 Å². The summed E-state index contributed by atoms with van der Waals surface area (Å²) in [5.74, 6) is 2.34. The lowest BCUT2D eigenvalue weighted by Gasteiger charge is -2.13. The molecular formula is C12H18N2O3S2. The summed E-state index contributed by atoms with van der Waals surface area (Å²) in [4.78, 5) is 0. The van der Waals surface area contributed by atoms with E-state index in [9.17, 15) is 8.42 Å². The van der Waals surface area contributed by atoms with Crippen LogP contribution in [0.3, 0.4) is 0 Å². The van der Waals surface area contributed by atoms with Crippen LogP contribution in [0.2, 0.25) is 0 Å². The van der Waals surface area contributed by atoms with Crippen molar-refractivity contribution in [2.24, 2.45) is 0 Å². The summed E-state index contributed by atoms with van der Waals surface area (Å²) < 4.78 is 31.7. The molecule has 0 saturated carbocycles. The molecule has 0 aromatic heterocycles. The molecule has 5 nitrogen and oxygen atoms in total. The van der Waals surface area contributed by atoms with E-state index in [1.807, 2.05) is 0 Å². The first-order valence-electron chi connectivity index (χ1n) is 6.12. The molecule has 1 atom stereocenters. The van der Waals surface area contributed by atoms with Gasteiger partial charge in [-0.05, 0) is 24.3 Å². The fourth-order valence-corrected chi connectivity index (χ4v) is 4.20. The number of anilines is 1. The number of para-hydroxylation sites is 2. The lowest BCUT2D eigenvalue weighted by atomic mass is 10.3. The minimum absolute atomic E-state index is 0.0531. The Morgan fingerprint density at radius 2 is 2.21 bits per heavy atom. The predicted octanol–water partition coefficient (Wildman–Crippen LogP) is 1.07. The van der Waals surface area contributed by atoms with Gasteiger partial charge in [-0.2, -0.15) is 11.8 Å². The highest BCUT2D eigenvalue weighted by atomic mass is 32.2. The Morgan fingerprint density at radius 1 is 1.42 bits per heavy atom. The van der Waals surface area contributed by atoms with Gasteiger partial charge in [-0.15, -0.1) is 0 Å². The first-order valence-corrected chi connectivity index (χ1v) is 8.92. The molecule has 0 amide bonds. The molecule has 0 radical (unpaired) electrons. The van der Waals surface area contributed by atoms with E-state index < -0.39 is 10.0 Å². The van der Waals surface area contributed by atoms with E-state index in [0.717, 1.165) is 17.9 Å². The van der Waals surface area contributed by atoms with Gasteiger partial charge in [0.1, 0.15) is 12.4 Å². The first kappa shape index (κ1) is 14.5. The summed E-state index contributed by atoms with van der Waals surface area (Å²) >= 11 is 1.77. The van der Waals surface area contributed by atoms with Crippen molar-refractivity contribution in [2.75, 3.05) is 29.6 Å². The third kappa shape index (κ3) is 4.59. The number of nitrogen functional groups attached to an aromatic ring is 1. The second kappa shape index (κ2) is 6.49. The van der Waals surface area contributed by atoms with Crippen LogP contribution in [0.4, 0.5) is 5.69 Å². The maximum Gasteiger partial charge on any atom is 0.215 e. The Kier molecular flexibility index (Phi) is 4.95. The number of ether oxygens (including phenoxy) is 1.